The third-order valence-electron chi connectivity index (χ3n) is 3.10. The first-order valence-electron chi connectivity index (χ1n) is 6.06. The van der Waals surface area contributed by atoms with Gasteiger partial charge in [0.25, 0.3) is 0 Å². The molecule has 2 aromatic heterocycles. The number of nitrogens with one attached hydrogen (secondary N) is 1. The van der Waals surface area contributed by atoms with Gasteiger partial charge in [0.1, 0.15) is 0 Å². The minimum Gasteiger partial charge on any atom is -0.478 e. The van der Waals surface area contributed by atoms with Gasteiger partial charge in [-0.2, -0.15) is 0 Å². The number of fused-ring (bicyclic) bond motifs is 1. The zero-order valence-corrected chi connectivity index (χ0v) is 11.2. The molecule has 0 amide bonds. The Morgan fingerprint density at radius 3 is 2.70 bits per heavy atom. The third kappa shape index (κ3) is 2.23. The van der Waals surface area contributed by atoms with Crippen molar-refractivity contribution >= 4 is 27.5 Å². The van der Waals surface area contributed by atoms with Gasteiger partial charge in [0.2, 0.25) is 5.56 Å². The number of hydrogen-bond donors (Lipinski definition) is 2. The molecule has 0 aliphatic carbocycles. The van der Waals surface area contributed by atoms with Crippen molar-refractivity contribution in [2.24, 2.45) is 0 Å². The molecule has 0 aliphatic heterocycles. The highest BCUT2D eigenvalue weighted by atomic mass is 32.1. The molecular weight excluding hydrogens is 274 g/mol. The molecule has 0 spiro atoms. The first-order chi connectivity index (χ1) is 9.65. The number of carbonyl (C=O) groups is 1. The van der Waals surface area contributed by atoms with Gasteiger partial charge in [-0.15, -0.1) is 11.3 Å². The minimum absolute atomic E-state index is 0.150. The largest absolute Gasteiger partial charge is 0.478 e. The van der Waals surface area contributed by atoms with Crippen LogP contribution in [-0.2, 0) is 6.42 Å². The summed E-state index contributed by atoms with van der Waals surface area (Å²) in [6.07, 6.45) is 0.612. The van der Waals surface area contributed by atoms with E-state index in [4.69, 9.17) is 5.11 Å². The van der Waals surface area contributed by atoms with Crippen LogP contribution >= 0.6 is 11.3 Å². The molecule has 2 N–H and O–H groups in total. The van der Waals surface area contributed by atoms with Gasteiger partial charge in [0.05, 0.1) is 15.8 Å². The highest BCUT2D eigenvalue weighted by Gasteiger charge is 2.15. The van der Waals surface area contributed by atoms with Gasteiger partial charge in [-0.1, -0.05) is 30.3 Å². The number of pyridine rings is 1. The summed E-state index contributed by atoms with van der Waals surface area (Å²) < 4.78 is 0.825. The smallest absolute Gasteiger partial charge is 0.338 e. The molecule has 100 valence electrons. The number of carboxylic acids is 1. The number of aromatic carboxylic acids is 1. The number of aromatic nitrogens is 1. The normalized spacial score (nSPS) is 10.8. The molecule has 0 saturated carbocycles. The van der Waals surface area contributed by atoms with Crippen LogP contribution in [0.3, 0.4) is 0 Å². The number of thiophene rings is 1. The van der Waals surface area contributed by atoms with Crippen molar-refractivity contribution in [2.45, 2.75) is 6.42 Å². The maximum atomic E-state index is 11.7. The van der Waals surface area contributed by atoms with Crippen molar-refractivity contribution in [1.29, 1.82) is 0 Å². The fraction of sp³-hybridized carbons (Fsp3) is 0.0667. The van der Waals surface area contributed by atoms with E-state index in [0.29, 0.717) is 11.9 Å². The van der Waals surface area contributed by atoms with E-state index >= 15 is 0 Å². The number of hydrogen-bond acceptors (Lipinski definition) is 3. The Labute approximate surface area is 118 Å². The van der Waals surface area contributed by atoms with E-state index in [2.05, 4.69) is 4.98 Å². The molecule has 0 fully saturated rings. The van der Waals surface area contributed by atoms with E-state index < -0.39 is 5.97 Å². The Bertz CT molecular complexity index is 833. The van der Waals surface area contributed by atoms with Gasteiger partial charge < -0.3 is 10.1 Å². The molecular formula is C15H11NO3S. The molecule has 4 nitrogen and oxygen atoms in total. The number of rotatable bonds is 3. The molecule has 0 radical (unpaired) electrons. The second-order valence-electron chi connectivity index (χ2n) is 4.48. The van der Waals surface area contributed by atoms with Crippen LogP contribution in [0.2, 0.25) is 0 Å². The summed E-state index contributed by atoms with van der Waals surface area (Å²) >= 11 is 1.35. The van der Waals surface area contributed by atoms with Crippen LogP contribution in [0.4, 0.5) is 0 Å². The van der Waals surface area contributed by atoms with Crippen molar-refractivity contribution in [3.63, 3.8) is 0 Å². The van der Waals surface area contributed by atoms with E-state index in [1.54, 1.807) is 5.38 Å². The molecule has 0 bridgehead atoms. The third-order valence-corrected chi connectivity index (χ3v) is 4.16. The summed E-state index contributed by atoms with van der Waals surface area (Å²) in [7, 11) is 0. The van der Waals surface area contributed by atoms with Crippen LogP contribution in [0, 0.1) is 0 Å². The van der Waals surface area contributed by atoms with E-state index in [0.717, 1.165) is 15.8 Å². The molecule has 0 aliphatic rings. The standard InChI is InChI=1S/C15H11NO3S/c17-12-7-10(6-9-4-2-1-3-5-9)14-13(16-12)11(8-20-14)15(18)19/h1-5,7-8H,6H2,(H,16,17)(H,18,19). The molecule has 3 rings (SSSR count). The summed E-state index contributed by atoms with van der Waals surface area (Å²) in [5, 5.41) is 10.7. The Morgan fingerprint density at radius 1 is 1.25 bits per heavy atom. The van der Waals surface area contributed by atoms with Crippen LogP contribution in [0.15, 0.2) is 46.6 Å². The second-order valence-corrected chi connectivity index (χ2v) is 5.36. The highest BCUT2D eigenvalue weighted by Crippen LogP contribution is 2.27. The summed E-state index contributed by atoms with van der Waals surface area (Å²) in [6, 6.07) is 11.3. The highest BCUT2D eigenvalue weighted by molar-refractivity contribution is 7.17. The first kappa shape index (κ1) is 12.6. The van der Waals surface area contributed by atoms with Crippen molar-refractivity contribution < 1.29 is 9.90 Å². The average Bonchev–Trinajstić information content (AvgIpc) is 2.83. The monoisotopic (exact) mass is 285 g/mol. The van der Waals surface area contributed by atoms with Gasteiger partial charge in [0, 0.05) is 11.4 Å². The Morgan fingerprint density at radius 2 is 2.00 bits per heavy atom. The maximum absolute atomic E-state index is 11.7. The number of H-pyrrole nitrogens is 1. The average molecular weight is 285 g/mol. The van der Waals surface area contributed by atoms with E-state index in [9.17, 15) is 9.59 Å². The molecule has 0 atom stereocenters. The van der Waals surface area contributed by atoms with Gasteiger partial charge in [-0.25, -0.2) is 4.79 Å². The molecule has 3 aromatic rings. The van der Waals surface area contributed by atoms with Crippen LogP contribution in [-0.4, -0.2) is 16.1 Å². The summed E-state index contributed by atoms with van der Waals surface area (Å²) in [5.74, 6) is -1.02. The van der Waals surface area contributed by atoms with Crippen LogP contribution in [0.1, 0.15) is 21.5 Å². The Kier molecular flexibility index (Phi) is 3.12. The van der Waals surface area contributed by atoms with Crippen molar-refractivity contribution in [3.8, 4) is 0 Å². The number of aromatic amines is 1. The van der Waals surface area contributed by atoms with E-state index in [1.807, 2.05) is 30.3 Å². The lowest BCUT2D eigenvalue weighted by atomic mass is 10.1. The second kappa shape index (κ2) is 4.94. The molecule has 20 heavy (non-hydrogen) atoms. The predicted octanol–water partition coefficient (Wildman–Crippen LogP) is 2.88. The summed E-state index contributed by atoms with van der Waals surface area (Å²) in [6.45, 7) is 0. The van der Waals surface area contributed by atoms with Gasteiger partial charge in [0.15, 0.2) is 0 Å². The summed E-state index contributed by atoms with van der Waals surface area (Å²) in [4.78, 5) is 25.5. The minimum atomic E-state index is -1.02. The van der Waals surface area contributed by atoms with E-state index in [1.165, 1.54) is 17.4 Å². The lowest BCUT2D eigenvalue weighted by molar-refractivity contribution is 0.0699. The Hall–Kier alpha value is -2.40. The van der Waals surface area contributed by atoms with Crippen molar-refractivity contribution in [3.05, 3.63) is 68.8 Å². The lowest BCUT2D eigenvalue weighted by Gasteiger charge is -2.03. The predicted molar refractivity (Wildman–Crippen MR) is 78.7 cm³/mol. The number of benzene rings is 1. The van der Waals surface area contributed by atoms with Crippen LogP contribution in [0.5, 0.6) is 0 Å². The van der Waals surface area contributed by atoms with Crippen LogP contribution < -0.4 is 5.56 Å². The first-order valence-corrected chi connectivity index (χ1v) is 6.94. The molecule has 0 saturated heterocycles. The fourth-order valence-corrected chi connectivity index (χ4v) is 3.22. The van der Waals surface area contributed by atoms with Crippen molar-refractivity contribution in [2.75, 3.05) is 0 Å². The van der Waals surface area contributed by atoms with Crippen LogP contribution in [0.25, 0.3) is 10.2 Å². The lowest BCUT2D eigenvalue weighted by Crippen LogP contribution is -2.08. The molecule has 5 heteroatoms. The van der Waals surface area contributed by atoms with Gasteiger partial charge >= 0.3 is 5.97 Å². The zero-order valence-electron chi connectivity index (χ0n) is 10.4. The zero-order chi connectivity index (χ0) is 14.1. The number of carboxylic acid groups (broad SMARTS) is 1. The molecule has 0 unspecified atom stereocenters. The molecule has 2 heterocycles. The topological polar surface area (TPSA) is 70.2 Å². The Balaban J connectivity index is 2.16. The fourth-order valence-electron chi connectivity index (χ4n) is 2.21. The SMILES string of the molecule is O=C(O)c1csc2c(Cc3ccccc3)cc(=O)[nH]c12. The van der Waals surface area contributed by atoms with Gasteiger partial charge in [-0.05, 0) is 17.5 Å². The molecule has 1 aromatic carbocycles. The van der Waals surface area contributed by atoms with E-state index in [-0.39, 0.29) is 11.1 Å². The maximum Gasteiger partial charge on any atom is 0.338 e. The quantitative estimate of drug-likeness (QED) is 0.777. The van der Waals surface area contributed by atoms with Crippen molar-refractivity contribution in [1.82, 2.24) is 4.98 Å². The van der Waals surface area contributed by atoms with Gasteiger partial charge in [-0.3, -0.25) is 4.79 Å². The summed E-state index contributed by atoms with van der Waals surface area (Å²) in [5.41, 5.74) is 2.24.